The third-order valence-electron chi connectivity index (χ3n) is 4.17. The third-order valence-corrected chi connectivity index (χ3v) is 5.23. The Bertz CT molecular complexity index is 739. The Balaban J connectivity index is 1.50. The van der Waals surface area contributed by atoms with Gasteiger partial charge >= 0.3 is 0 Å². The molecule has 26 heavy (non-hydrogen) atoms. The molecule has 3 rings (SSSR count). The normalized spacial score (nSPS) is 14.2. The zero-order valence-corrected chi connectivity index (χ0v) is 16.5. The van der Waals surface area contributed by atoms with Crippen LogP contribution in [-0.4, -0.2) is 38.7 Å². The van der Waals surface area contributed by atoms with Gasteiger partial charge in [0, 0.05) is 38.6 Å². The van der Waals surface area contributed by atoms with Crippen molar-refractivity contribution in [1.29, 1.82) is 0 Å². The first kappa shape index (κ1) is 18.5. The molecule has 2 aromatic rings. The van der Waals surface area contributed by atoms with E-state index in [9.17, 15) is 0 Å². The van der Waals surface area contributed by atoms with Crippen molar-refractivity contribution >= 4 is 22.4 Å². The minimum Gasteiger partial charge on any atom is -0.493 e. The highest BCUT2D eigenvalue weighted by atomic mass is 32.1. The minimum atomic E-state index is 0.643. The number of guanidine groups is 1. The minimum absolute atomic E-state index is 0.643. The summed E-state index contributed by atoms with van der Waals surface area (Å²) in [5, 5.41) is 9.74. The van der Waals surface area contributed by atoms with Crippen molar-refractivity contribution in [2.45, 2.75) is 25.9 Å². The summed E-state index contributed by atoms with van der Waals surface area (Å²) in [4.78, 5) is 10.9. The van der Waals surface area contributed by atoms with Crippen LogP contribution in [0.4, 0.5) is 5.13 Å². The molecule has 140 valence electrons. The topological polar surface area (TPSA) is 61.8 Å². The fourth-order valence-corrected chi connectivity index (χ4v) is 3.20. The number of anilines is 1. The summed E-state index contributed by atoms with van der Waals surface area (Å²) in [6, 6.07) is 8.18. The van der Waals surface area contributed by atoms with Crippen LogP contribution in [-0.2, 0) is 13.1 Å². The second-order valence-electron chi connectivity index (χ2n) is 6.66. The maximum atomic E-state index is 5.97. The smallest absolute Gasteiger partial charge is 0.191 e. The van der Waals surface area contributed by atoms with E-state index in [2.05, 4.69) is 32.1 Å². The second kappa shape index (κ2) is 8.89. The molecule has 7 heteroatoms. The molecule has 1 heterocycles. The van der Waals surface area contributed by atoms with Gasteiger partial charge in [-0.15, -0.1) is 11.3 Å². The Kier molecular flexibility index (Phi) is 6.33. The lowest BCUT2D eigenvalue weighted by molar-refractivity contribution is 0.296. The van der Waals surface area contributed by atoms with E-state index in [4.69, 9.17) is 4.74 Å². The van der Waals surface area contributed by atoms with Crippen molar-refractivity contribution in [2.24, 2.45) is 10.9 Å². The molecule has 6 nitrogen and oxygen atoms in total. The van der Waals surface area contributed by atoms with Gasteiger partial charge in [-0.1, -0.05) is 18.2 Å². The number of benzene rings is 1. The predicted octanol–water partition coefficient (Wildman–Crippen LogP) is 2.86. The number of para-hydroxylation sites is 1. The summed E-state index contributed by atoms with van der Waals surface area (Å²) in [6.07, 6.45) is 2.59. The van der Waals surface area contributed by atoms with Crippen LogP contribution in [0, 0.1) is 5.92 Å². The highest BCUT2D eigenvalue weighted by Gasteiger charge is 2.22. The van der Waals surface area contributed by atoms with Gasteiger partial charge in [-0.05, 0) is 24.8 Å². The molecule has 0 amide bonds. The summed E-state index contributed by atoms with van der Waals surface area (Å²) in [6.45, 7) is 2.13. The van der Waals surface area contributed by atoms with E-state index in [-0.39, 0.29) is 0 Å². The number of nitrogens with zero attached hydrogens (tertiary/aromatic N) is 3. The second-order valence-corrected chi connectivity index (χ2v) is 7.49. The fraction of sp³-hybridized carbons (Fsp3) is 0.474. The van der Waals surface area contributed by atoms with Crippen molar-refractivity contribution < 1.29 is 4.74 Å². The molecular weight excluding hydrogens is 346 g/mol. The van der Waals surface area contributed by atoms with E-state index < -0.39 is 0 Å². The molecule has 0 aliphatic heterocycles. The third kappa shape index (κ3) is 5.36. The molecule has 0 saturated heterocycles. The van der Waals surface area contributed by atoms with Gasteiger partial charge in [0.05, 0.1) is 18.8 Å². The number of ether oxygens (including phenoxy) is 1. The van der Waals surface area contributed by atoms with Gasteiger partial charge in [0.25, 0.3) is 0 Å². The van der Waals surface area contributed by atoms with Gasteiger partial charge in [-0.25, -0.2) is 4.98 Å². The van der Waals surface area contributed by atoms with E-state index in [1.54, 1.807) is 18.4 Å². The number of aromatic nitrogens is 1. The SMILES string of the molecule is CN=C(NCc1csc(N(C)C)n1)NCc1ccccc1OCC1CC1. The van der Waals surface area contributed by atoms with Crippen molar-refractivity contribution in [2.75, 3.05) is 32.6 Å². The van der Waals surface area contributed by atoms with Crippen molar-refractivity contribution in [3.8, 4) is 5.75 Å². The molecule has 1 fully saturated rings. The lowest BCUT2D eigenvalue weighted by Crippen LogP contribution is -2.36. The molecule has 2 N–H and O–H groups in total. The molecule has 0 atom stereocenters. The van der Waals surface area contributed by atoms with Gasteiger partial charge < -0.3 is 20.3 Å². The lowest BCUT2D eigenvalue weighted by Gasteiger charge is -2.14. The average molecular weight is 374 g/mol. The summed E-state index contributed by atoms with van der Waals surface area (Å²) in [5.74, 6) is 2.45. The lowest BCUT2D eigenvalue weighted by atomic mass is 10.2. The number of rotatable bonds is 8. The molecule has 0 bridgehead atoms. The van der Waals surface area contributed by atoms with Crippen molar-refractivity contribution in [1.82, 2.24) is 15.6 Å². The Labute approximate surface area is 159 Å². The molecule has 1 saturated carbocycles. The Morgan fingerprint density at radius 2 is 2.04 bits per heavy atom. The molecule has 1 aliphatic carbocycles. The first-order valence-corrected chi connectivity index (χ1v) is 9.80. The van der Waals surface area contributed by atoms with E-state index in [0.717, 1.165) is 40.6 Å². The van der Waals surface area contributed by atoms with E-state index >= 15 is 0 Å². The Morgan fingerprint density at radius 1 is 1.27 bits per heavy atom. The monoisotopic (exact) mass is 373 g/mol. The fourth-order valence-electron chi connectivity index (χ4n) is 2.44. The number of hydrogen-bond acceptors (Lipinski definition) is 5. The first-order valence-electron chi connectivity index (χ1n) is 8.92. The van der Waals surface area contributed by atoms with E-state index in [1.807, 2.05) is 37.2 Å². The van der Waals surface area contributed by atoms with Gasteiger partial charge in [-0.2, -0.15) is 0 Å². The van der Waals surface area contributed by atoms with Crippen LogP contribution in [0.3, 0.4) is 0 Å². The average Bonchev–Trinajstić information content (AvgIpc) is 3.36. The van der Waals surface area contributed by atoms with Gasteiger partial charge in [0.15, 0.2) is 11.1 Å². The molecular formula is C19H27N5OS. The van der Waals surface area contributed by atoms with Gasteiger partial charge in [-0.3, -0.25) is 4.99 Å². The van der Waals surface area contributed by atoms with E-state index in [1.165, 1.54) is 12.8 Å². The number of nitrogens with one attached hydrogen (secondary N) is 2. The quantitative estimate of drug-likeness (QED) is 0.550. The molecule has 0 radical (unpaired) electrons. The highest BCUT2D eigenvalue weighted by molar-refractivity contribution is 7.13. The maximum Gasteiger partial charge on any atom is 0.191 e. The summed E-state index contributed by atoms with van der Waals surface area (Å²) in [5.41, 5.74) is 2.15. The molecule has 0 spiro atoms. The van der Waals surface area contributed by atoms with E-state index in [0.29, 0.717) is 13.1 Å². The largest absolute Gasteiger partial charge is 0.493 e. The summed E-state index contributed by atoms with van der Waals surface area (Å²) >= 11 is 1.64. The van der Waals surface area contributed by atoms with Crippen LogP contribution in [0.25, 0.3) is 0 Å². The highest BCUT2D eigenvalue weighted by Crippen LogP contribution is 2.30. The van der Waals surface area contributed by atoms with Crippen LogP contribution < -0.4 is 20.3 Å². The summed E-state index contributed by atoms with van der Waals surface area (Å²) < 4.78 is 5.97. The van der Waals surface area contributed by atoms with Crippen LogP contribution in [0.2, 0.25) is 0 Å². The number of hydrogen-bond donors (Lipinski definition) is 2. The number of thiazole rings is 1. The summed E-state index contributed by atoms with van der Waals surface area (Å²) in [7, 11) is 5.77. The van der Waals surface area contributed by atoms with Gasteiger partial charge in [0.2, 0.25) is 0 Å². The Morgan fingerprint density at radius 3 is 2.73 bits per heavy atom. The maximum absolute atomic E-state index is 5.97. The zero-order valence-electron chi connectivity index (χ0n) is 15.7. The molecule has 1 aromatic carbocycles. The zero-order chi connectivity index (χ0) is 18.4. The Hall–Kier alpha value is -2.28. The van der Waals surface area contributed by atoms with Crippen LogP contribution in [0.15, 0.2) is 34.6 Å². The van der Waals surface area contributed by atoms with Crippen LogP contribution in [0.5, 0.6) is 5.75 Å². The van der Waals surface area contributed by atoms with Gasteiger partial charge in [0.1, 0.15) is 5.75 Å². The standard InChI is InChI=1S/C19H27N5OS/c1-20-18(22-11-16-13-26-19(23-16)24(2)3)21-10-15-6-4-5-7-17(15)25-12-14-8-9-14/h4-7,13-14H,8-12H2,1-3H3,(H2,20,21,22). The van der Waals surface area contributed by atoms with Crippen LogP contribution >= 0.6 is 11.3 Å². The first-order chi connectivity index (χ1) is 12.7. The molecule has 1 aliphatic rings. The van der Waals surface area contributed by atoms with Crippen LogP contribution in [0.1, 0.15) is 24.1 Å². The number of aliphatic imine (C=N–C) groups is 1. The van der Waals surface area contributed by atoms with Crippen molar-refractivity contribution in [3.05, 3.63) is 40.9 Å². The molecule has 1 aromatic heterocycles. The molecule has 0 unspecified atom stereocenters. The van der Waals surface area contributed by atoms with Crippen molar-refractivity contribution in [3.63, 3.8) is 0 Å². The predicted molar refractivity (Wildman–Crippen MR) is 108 cm³/mol.